The highest BCUT2D eigenvalue weighted by molar-refractivity contribution is 5.91. The van der Waals surface area contributed by atoms with Crippen molar-refractivity contribution < 1.29 is 13.9 Å². The number of hydrogen-bond donors (Lipinski definition) is 1. The normalized spacial score (nSPS) is 10.6. The van der Waals surface area contributed by atoms with E-state index in [1.54, 1.807) is 23.0 Å². The van der Waals surface area contributed by atoms with Crippen LogP contribution in [0.2, 0.25) is 0 Å². The number of aromatic nitrogens is 2. The van der Waals surface area contributed by atoms with Gasteiger partial charge in [-0.05, 0) is 35.4 Å². The predicted molar refractivity (Wildman–Crippen MR) is 107 cm³/mol. The van der Waals surface area contributed by atoms with Gasteiger partial charge in [0.15, 0.2) is 11.6 Å². The summed E-state index contributed by atoms with van der Waals surface area (Å²) in [5.41, 5.74) is 2.76. The molecule has 0 bridgehead atoms. The number of amides is 1. The van der Waals surface area contributed by atoms with Crippen molar-refractivity contribution in [3.63, 3.8) is 0 Å². The van der Waals surface area contributed by atoms with Crippen molar-refractivity contribution in [2.24, 2.45) is 0 Å². The Morgan fingerprint density at radius 1 is 1.14 bits per heavy atom. The third kappa shape index (κ3) is 4.68. The summed E-state index contributed by atoms with van der Waals surface area (Å²) in [4.78, 5) is 14.4. The van der Waals surface area contributed by atoms with Gasteiger partial charge in [0.05, 0.1) is 26.3 Å². The van der Waals surface area contributed by atoms with E-state index in [1.807, 2.05) is 43.3 Å². The van der Waals surface area contributed by atoms with Crippen LogP contribution in [0, 0.1) is 5.82 Å². The Kier molecular flexibility index (Phi) is 5.93. The van der Waals surface area contributed by atoms with Crippen molar-refractivity contribution in [2.45, 2.75) is 13.0 Å². The lowest BCUT2D eigenvalue weighted by atomic mass is 10.1. The number of carbonyl (C=O) groups is 1. The van der Waals surface area contributed by atoms with Gasteiger partial charge in [0, 0.05) is 25.8 Å². The number of anilines is 2. The maximum Gasteiger partial charge on any atom is 0.229 e. The largest absolute Gasteiger partial charge is 0.494 e. The summed E-state index contributed by atoms with van der Waals surface area (Å²) >= 11 is 0. The number of methoxy groups -OCH3 is 1. The average molecular weight is 382 g/mol. The summed E-state index contributed by atoms with van der Waals surface area (Å²) in [5.74, 6) is 0.0199. The molecule has 0 spiro atoms. The number of hydrogen-bond acceptors (Lipinski definition) is 4. The monoisotopic (exact) mass is 382 g/mol. The molecule has 146 valence electrons. The molecule has 6 nitrogen and oxygen atoms in total. The molecule has 3 rings (SSSR count). The molecule has 0 radical (unpaired) electrons. The summed E-state index contributed by atoms with van der Waals surface area (Å²) in [6.45, 7) is 0.535. The van der Waals surface area contributed by atoms with Gasteiger partial charge in [0.1, 0.15) is 5.82 Å². The second kappa shape index (κ2) is 8.56. The highest BCUT2D eigenvalue weighted by Crippen LogP contribution is 2.19. The zero-order chi connectivity index (χ0) is 20.1. The number of carbonyl (C=O) groups excluding carboxylic acids is 1. The molecule has 1 amide bonds. The molecule has 0 fully saturated rings. The molecule has 3 aromatic rings. The van der Waals surface area contributed by atoms with Gasteiger partial charge < -0.3 is 15.0 Å². The lowest BCUT2D eigenvalue weighted by Crippen LogP contribution is -2.18. The predicted octanol–water partition coefficient (Wildman–Crippen LogP) is 3.33. The fourth-order valence-corrected chi connectivity index (χ4v) is 2.83. The molecule has 0 aliphatic heterocycles. The van der Waals surface area contributed by atoms with Crippen LogP contribution in [0.3, 0.4) is 0 Å². The molecule has 2 aromatic carbocycles. The first-order valence-electron chi connectivity index (χ1n) is 8.86. The van der Waals surface area contributed by atoms with Crippen LogP contribution >= 0.6 is 0 Å². The third-order valence-corrected chi connectivity index (χ3v) is 4.35. The minimum absolute atomic E-state index is 0.0592. The van der Waals surface area contributed by atoms with E-state index in [9.17, 15) is 9.18 Å². The maximum atomic E-state index is 13.8. The lowest BCUT2D eigenvalue weighted by molar-refractivity contribution is -0.115. The van der Waals surface area contributed by atoms with Gasteiger partial charge in [-0.1, -0.05) is 18.2 Å². The minimum atomic E-state index is -0.487. The molecule has 7 heteroatoms. The standard InChI is InChI=1S/C21H23FN4O2/c1-25(2)17-7-4-15(5-8-17)14-26-20(10-11-23-26)24-21(27)13-16-6-9-19(28-3)18(22)12-16/h4-12H,13-14H2,1-3H3,(H,24,27). The van der Waals surface area contributed by atoms with Gasteiger partial charge in [-0.3, -0.25) is 4.79 Å². The van der Waals surface area contributed by atoms with Gasteiger partial charge in [-0.25, -0.2) is 9.07 Å². The van der Waals surface area contributed by atoms with Crippen LogP contribution < -0.4 is 15.0 Å². The van der Waals surface area contributed by atoms with Crippen LogP contribution in [-0.2, 0) is 17.8 Å². The Labute approximate surface area is 163 Å². The number of nitrogens with one attached hydrogen (secondary N) is 1. The second-order valence-electron chi connectivity index (χ2n) is 6.63. The first-order valence-corrected chi connectivity index (χ1v) is 8.86. The molecule has 0 atom stereocenters. The molecule has 0 saturated heterocycles. The molecule has 0 aliphatic carbocycles. The minimum Gasteiger partial charge on any atom is -0.494 e. The van der Waals surface area contributed by atoms with E-state index in [1.165, 1.54) is 19.2 Å². The topological polar surface area (TPSA) is 59.4 Å². The van der Waals surface area contributed by atoms with Crippen molar-refractivity contribution in [3.8, 4) is 5.75 Å². The average Bonchev–Trinajstić information content (AvgIpc) is 3.08. The van der Waals surface area contributed by atoms with Crippen LogP contribution in [0.4, 0.5) is 15.9 Å². The summed E-state index contributed by atoms with van der Waals surface area (Å²) in [6, 6.07) is 14.4. The van der Waals surface area contributed by atoms with Crippen molar-refractivity contribution in [1.82, 2.24) is 9.78 Å². The zero-order valence-electron chi connectivity index (χ0n) is 16.1. The molecule has 0 aliphatic rings. The van der Waals surface area contributed by atoms with E-state index < -0.39 is 5.82 Å². The highest BCUT2D eigenvalue weighted by atomic mass is 19.1. The van der Waals surface area contributed by atoms with Crippen molar-refractivity contribution in [1.29, 1.82) is 0 Å². The summed E-state index contributed by atoms with van der Waals surface area (Å²) < 4.78 is 20.4. The van der Waals surface area contributed by atoms with Crippen LogP contribution in [0.5, 0.6) is 5.75 Å². The summed E-state index contributed by atoms with van der Waals surface area (Å²) in [7, 11) is 5.38. The number of nitrogens with zero attached hydrogens (tertiary/aromatic N) is 3. The molecule has 0 saturated carbocycles. The molecule has 1 heterocycles. The first-order chi connectivity index (χ1) is 13.5. The van der Waals surface area contributed by atoms with Gasteiger partial charge in [-0.2, -0.15) is 5.10 Å². The van der Waals surface area contributed by atoms with E-state index in [0.29, 0.717) is 17.9 Å². The van der Waals surface area contributed by atoms with E-state index in [-0.39, 0.29) is 18.1 Å². The zero-order valence-corrected chi connectivity index (χ0v) is 16.1. The fourth-order valence-electron chi connectivity index (χ4n) is 2.83. The molecule has 28 heavy (non-hydrogen) atoms. The van der Waals surface area contributed by atoms with Gasteiger partial charge in [0.25, 0.3) is 0 Å². The van der Waals surface area contributed by atoms with Gasteiger partial charge >= 0.3 is 0 Å². The third-order valence-electron chi connectivity index (χ3n) is 4.35. The lowest BCUT2D eigenvalue weighted by Gasteiger charge is -2.13. The highest BCUT2D eigenvalue weighted by Gasteiger charge is 2.11. The fraction of sp³-hybridized carbons (Fsp3) is 0.238. The van der Waals surface area contributed by atoms with Crippen molar-refractivity contribution in [2.75, 3.05) is 31.4 Å². The summed E-state index contributed by atoms with van der Waals surface area (Å²) in [6.07, 6.45) is 1.69. The number of ether oxygens (including phenoxy) is 1. The van der Waals surface area contributed by atoms with Crippen LogP contribution in [-0.4, -0.2) is 36.9 Å². The SMILES string of the molecule is COc1ccc(CC(=O)Nc2ccnn2Cc2ccc(N(C)C)cc2)cc1F. The molecule has 1 aromatic heterocycles. The smallest absolute Gasteiger partial charge is 0.229 e. The van der Waals surface area contributed by atoms with E-state index in [4.69, 9.17) is 4.74 Å². The quantitative estimate of drug-likeness (QED) is 0.681. The van der Waals surface area contributed by atoms with Crippen molar-refractivity contribution >= 4 is 17.4 Å². The Morgan fingerprint density at radius 2 is 1.86 bits per heavy atom. The number of benzene rings is 2. The van der Waals surface area contributed by atoms with E-state index >= 15 is 0 Å². The Bertz CT molecular complexity index is 951. The van der Waals surface area contributed by atoms with Crippen LogP contribution in [0.15, 0.2) is 54.7 Å². The summed E-state index contributed by atoms with van der Waals surface area (Å²) in [5, 5.41) is 7.12. The molecule has 1 N–H and O–H groups in total. The van der Waals surface area contributed by atoms with Crippen molar-refractivity contribution in [3.05, 3.63) is 71.7 Å². The van der Waals surface area contributed by atoms with Gasteiger partial charge in [0.2, 0.25) is 5.91 Å². The molecule has 0 unspecified atom stereocenters. The van der Waals surface area contributed by atoms with Crippen LogP contribution in [0.25, 0.3) is 0 Å². The van der Waals surface area contributed by atoms with E-state index in [0.717, 1.165) is 11.3 Å². The number of rotatable bonds is 7. The Morgan fingerprint density at radius 3 is 2.50 bits per heavy atom. The first kappa shape index (κ1) is 19.4. The van der Waals surface area contributed by atoms with E-state index in [2.05, 4.69) is 10.4 Å². The van der Waals surface area contributed by atoms with Crippen LogP contribution in [0.1, 0.15) is 11.1 Å². The molecular formula is C21H23FN4O2. The Balaban J connectivity index is 1.64. The van der Waals surface area contributed by atoms with Gasteiger partial charge in [-0.15, -0.1) is 0 Å². The maximum absolute atomic E-state index is 13.8. The second-order valence-corrected chi connectivity index (χ2v) is 6.63. The Hall–Kier alpha value is -3.35. The number of halogens is 1. The molecular weight excluding hydrogens is 359 g/mol.